The Morgan fingerprint density at radius 1 is 1.04 bits per heavy atom. The molecule has 2 aromatic carbocycles. The van der Waals surface area contributed by atoms with Gasteiger partial charge in [0.2, 0.25) is 0 Å². The van der Waals surface area contributed by atoms with Crippen LogP contribution in [-0.4, -0.2) is 35.2 Å². The molecule has 9 heteroatoms. The number of benzene rings is 2. The van der Waals surface area contributed by atoms with E-state index in [4.69, 9.17) is 23.2 Å². The van der Waals surface area contributed by atoms with Crippen LogP contribution in [0.1, 0.15) is 53.3 Å². The predicted molar refractivity (Wildman–Crippen MR) is 113 cm³/mol. The molecule has 0 fully saturated rings. The number of esters is 1. The Balaban J connectivity index is 2.81. The molecule has 2 rings (SSSR count). The first-order chi connectivity index (χ1) is 13.1. The molecule has 0 saturated heterocycles. The van der Waals surface area contributed by atoms with Crippen LogP contribution in [0, 0.1) is 6.92 Å². The van der Waals surface area contributed by atoms with Gasteiger partial charge in [0, 0.05) is 15.9 Å². The molecule has 0 aliphatic rings. The highest BCUT2D eigenvalue weighted by molar-refractivity contribution is 14.1. The number of halogens is 3. The molecule has 0 spiro atoms. The van der Waals surface area contributed by atoms with Crippen molar-refractivity contribution < 1.29 is 29.3 Å². The molecule has 0 bridgehead atoms. The average molecular weight is 537 g/mol. The highest BCUT2D eigenvalue weighted by Gasteiger charge is 2.26. The number of ether oxygens (including phenoxy) is 1. The van der Waals surface area contributed by atoms with E-state index in [2.05, 4.69) is 4.74 Å². The van der Waals surface area contributed by atoms with Gasteiger partial charge in [-0.2, -0.15) is 0 Å². The Hall–Kier alpha value is -1.84. The minimum Gasteiger partial charge on any atom is -0.478 e. The lowest BCUT2D eigenvalue weighted by Gasteiger charge is -2.18. The number of carboxylic acids is 2. The highest BCUT2D eigenvalue weighted by Crippen LogP contribution is 2.34. The van der Waals surface area contributed by atoms with E-state index in [0.717, 1.165) is 0 Å². The first-order valence-electron chi connectivity index (χ1n) is 7.87. The van der Waals surface area contributed by atoms with Crippen molar-refractivity contribution >= 4 is 63.7 Å². The maximum Gasteiger partial charge on any atom is 0.339 e. The fraction of sp³-hybridized carbons (Fsp3) is 0.211. The van der Waals surface area contributed by atoms with E-state index in [0.29, 0.717) is 15.6 Å². The summed E-state index contributed by atoms with van der Waals surface area (Å²) in [6.45, 7) is 1.66. The monoisotopic (exact) mass is 536 g/mol. The van der Waals surface area contributed by atoms with E-state index >= 15 is 0 Å². The van der Waals surface area contributed by atoms with Gasteiger partial charge in [0.05, 0.1) is 28.8 Å². The van der Waals surface area contributed by atoms with E-state index in [1.54, 1.807) is 6.92 Å². The number of hydrogen-bond acceptors (Lipinski definition) is 4. The number of carbonyl (C=O) groups excluding carboxylic acids is 1. The zero-order chi connectivity index (χ0) is 21.2. The number of alkyl halides is 1. The standard InChI is InChI=1S/C19H15Cl2IO6/c1-8-5-11(17(23)24)10(15(18(25)26)13(8)7-22)6-12-14(20)4-3-9(16(12)21)19(27)28-2/h3-5H,6-7H2,1-2H3,(H,23,24)(H,25,26). The molecule has 0 amide bonds. The smallest absolute Gasteiger partial charge is 0.339 e. The molecule has 0 atom stereocenters. The number of carboxylic acid groups (broad SMARTS) is 2. The van der Waals surface area contributed by atoms with Crippen LogP contribution in [0.3, 0.4) is 0 Å². The number of carbonyl (C=O) groups is 3. The molecule has 0 aromatic heterocycles. The summed E-state index contributed by atoms with van der Waals surface area (Å²) in [5.74, 6) is -3.20. The summed E-state index contributed by atoms with van der Waals surface area (Å²) in [5.41, 5.74) is 1.21. The Bertz CT molecular complexity index is 987. The largest absolute Gasteiger partial charge is 0.478 e. The van der Waals surface area contributed by atoms with Gasteiger partial charge in [0.25, 0.3) is 0 Å². The van der Waals surface area contributed by atoms with Crippen molar-refractivity contribution in [3.05, 3.63) is 67.2 Å². The molecule has 0 heterocycles. The molecular weight excluding hydrogens is 522 g/mol. The second-order valence-corrected chi connectivity index (χ2v) is 7.42. The molecule has 0 aliphatic heterocycles. The van der Waals surface area contributed by atoms with Gasteiger partial charge >= 0.3 is 17.9 Å². The van der Waals surface area contributed by atoms with Gasteiger partial charge < -0.3 is 14.9 Å². The average Bonchev–Trinajstić information content (AvgIpc) is 2.64. The Morgan fingerprint density at radius 3 is 2.18 bits per heavy atom. The lowest BCUT2D eigenvalue weighted by molar-refractivity contribution is 0.0598. The van der Waals surface area contributed by atoms with Crippen molar-refractivity contribution in [3.8, 4) is 0 Å². The van der Waals surface area contributed by atoms with Crippen LogP contribution in [0.5, 0.6) is 0 Å². The third-order valence-corrected chi connectivity index (χ3v) is 5.84. The molecule has 0 aliphatic carbocycles. The second kappa shape index (κ2) is 9.11. The van der Waals surface area contributed by atoms with Crippen molar-refractivity contribution in [1.29, 1.82) is 0 Å². The first kappa shape index (κ1) is 22.4. The molecule has 148 valence electrons. The number of rotatable bonds is 6. The van der Waals surface area contributed by atoms with E-state index < -0.39 is 17.9 Å². The highest BCUT2D eigenvalue weighted by atomic mass is 127. The molecule has 0 unspecified atom stereocenters. The van der Waals surface area contributed by atoms with Crippen LogP contribution >= 0.6 is 45.8 Å². The Morgan fingerprint density at radius 2 is 1.68 bits per heavy atom. The van der Waals surface area contributed by atoms with E-state index in [-0.39, 0.29) is 44.3 Å². The molecule has 6 nitrogen and oxygen atoms in total. The van der Waals surface area contributed by atoms with Gasteiger partial charge in [0.15, 0.2) is 0 Å². The van der Waals surface area contributed by atoms with E-state index in [1.165, 1.54) is 25.3 Å². The van der Waals surface area contributed by atoms with Crippen LogP contribution < -0.4 is 0 Å². The van der Waals surface area contributed by atoms with Gasteiger partial charge in [-0.05, 0) is 47.4 Å². The summed E-state index contributed by atoms with van der Waals surface area (Å²) >= 11 is 14.6. The number of methoxy groups -OCH3 is 1. The molecule has 0 radical (unpaired) electrons. The fourth-order valence-corrected chi connectivity index (χ4v) is 4.48. The SMILES string of the molecule is COC(=O)c1ccc(Cl)c(Cc2c(C(=O)O)cc(C)c(CI)c2C(=O)O)c1Cl. The predicted octanol–water partition coefficient (Wildman–Crippen LogP) is 5.01. The maximum atomic E-state index is 12.0. The summed E-state index contributed by atoms with van der Waals surface area (Å²) < 4.78 is 5.06. The van der Waals surface area contributed by atoms with Crippen molar-refractivity contribution in [3.63, 3.8) is 0 Å². The quantitative estimate of drug-likeness (QED) is 0.306. The third-order valence-electron chi connectivity index (χ3n) is 4.29. The summed E-state index contributed by atoms with van der Waals surface area (Å²) in [7, 11) is 1.20. The summed E-state index contributed by atoms with van der Waals surface area (Å²) in [6, 6.07) is 4.26. The third kappa shape index (κ3) is 4.26. The van der Waals surface area contributed by atoms with Crippen molar-refractivity contribution in [1.82, 2.24) is 0 Å². The van der Waals surface area contributed by atoms with E-state index in [1.807, 2.05) is 22.6 Å². The summed E-state index contributed by atoms with van der Waals surface area (Å²) in [6.07, 6.45) is -0.171. The maximum absolute atomic E-state index is 12.0. The summed E-state index contributed by atoms with van der Waals surface area (Å²) in [5, 5.41) is 19.6. The normalized spacial score (nSPS) is 10.6. The minimum atomic E-state index is -1.27. The topological polar surface area (TPSA) is 101 Å². The zero-order valence-electron chi connectivity index (χ0n) is 14.8. The van der Waals surface area contributed by atoms with Crippen molar-refractivity contribution in [2.75, 3.05) is 7.11 Å². The molecule has 28 heavy (non-hydrogen) atoms. The van der Waals surface area contributed by atoms with Crippen LogP contribution in [0.25, 0.3) is 0 Å². The van der Waals surface area contributed by atoms with Crippen LogP contribution in [0.15, 0.2) is 18.2 Å². The number of aryl methyl sites for hydroxylation is 1. The summed E-state index contributed by atoms with van der Waals surface area (Å²) in [4.78, 5) is 35.7. The van der Waals surface area contributed by atoms with E-state index in [9.17, 15) is 24.6 Å². The lowest BCUT2D eigenvalue weighted by Crippen LogP contribution is -2.15. The van der Waals surface area contributed by atoms with Gasteiger partial charge in [-0.25, -0.2) is 14.4 Å². The van der Waals surface area contributed by atoms with Gasteiger partial charge in [0.1, 0.15) is 0 Å². The number of aromatic carboxylic acids is 2. The number of hydrogen-bond donors (Lipinski definition) is 2. The molecule has 0 saturated carbocycles. The first-order valence-corrected chi connectivity index (χ1v) is 10.1. The zero-order valence-corrected chi connectivity index (χ0v) is 18.5. The minimum absolute atomic E-state index is 0.0105. The van der Waals surface area contributed by atoms with Crippen molar-refractivity contribution in [2.24, 2.45) is 0 Å². The molecule has 2 N–H and O–H groups in total. The Labute approximate surface area is 184 Å². The van der Waals surface area contributed by atoms with Crippen LogP contribution in [-0.2, 0) is 15.6 Å². The van der Waals surface area contributed by atoms with Crippen molar-refractivity contribution in [2.45, 2.75) is 17.8 Å². The molecule has 2 aromatic rings. The Kier molecular flexibility index (Phi) is 7.30. The van der Waals surface area contributed by atoms with Crippen LogP contribution in [0.2, 0.25) is 10.0 Å². The fourth-order valence-electron chi connectivity index (χ4n) is 2.91. The lowest BCUT2D eigenvalue weighted by atomic mass is 9.88. The second-order valence-electron chi connectivity index (χ2n) is 5.87. The van der Waals surface area contributed by atoms with Crippen LogP contribution in [0.4, 0.5) is 0 Å². The van der Waals surface area contributed by atoms with Gasteiger partial charge in [-0.3, -0.25) is 0 Å². The van der Waals surface area contributed by atoms with Gasteiger partial charge in [-0.1, -0.05) is 45.8 Å². The van der Waals surface area contributed by atoms with Gasteiger partial charge in [-0.15, -0.1) is 0 Å². The molecular formula is C19H15Cl2IO6.